The van der Waals surface area contributed by atoms with Crippen molar-refractivity contribution >= 4 is 50.9 Å². The number of hydrogen-bond acceptors (Lipinski definition) is 5. The van der Waals surface area contributed by atoms with E-state index < -0.39 is 26.2 Å². The summed E-state index contributed by atoms with van der Waals surface area (Å²) in [5, 5.41) is 2.98. The molecule has 1 heterocycles. The van der Waals surface area contributed by atoms with Crippen LogP contribution in [-0.2, 0) is 19.4 Å². The molecular weight excluding hydrogens is 375 g/mol. The van der Waals surface area contributed by atoms with Crippen molar-refractivity contribution in [3.63, 3.8) is 0 Å². The van der Waals surface area contributed by atoms with Gasteiger partial charge in [-0.05, 0) is 25.1 Å². The fourth-order valence-electron chi connectivity index (χ4n) is 2.02. The topological polar surface area (TPSA) is 75.7 Å². The van der Waals surface area contributed by atoms with Crippen molar-refractivity contribution in [2.45, 2.75) is 21.8 Å². The van der Waals surface area contributed by atoms with Gasteiger partial charge in [-0.3, -0.25) is 4.79 Å². The van der Waals surface area contributed by atoms with Gasteiger partial charge in [-0.2, -0.15) is 3.94 Å². The van der Waals surface area contributed by atoms with Crippen molar-refractivity contribution in [1.29, 1.82) is 0 Å². The third-order valence-electron chi connectivity index (χ3n) is 3.14. The van der Waals surface area contributed by atoms with Gasteiger partial charge in [-0.1, -0.05) is 29.8 Å². The van der Waals surface area contributed by atoms with Crippen LogP contribution in [0.1, 0.15) is 6.42 Å². The van der Waals surface area contributed by atoms with Crippen molar-refractivity contribution in [2.75, 3.05) is 13.1 Å². The van der Waals surface area contributed by atoms with E-state index in [2.05, 4.69) is 5.32 Å². The molecule has 0 bridgehead atoms. The van der Waals surface area contributed by atoms with Gasteiger partial charge < -0.3 is 10.1 Å². The van der Waals surface area contributed by atoms with Crippen LogP contribution in [0.5, 0.6) is 0 Å². The zero-order valence-corrected chi connectivity index (χ0v) is 14.3. The molecule has 0 radical (unpaired) electrons. The summed E-state index contributed by atoms with van der Waals surface area (Å²) >= 11 is 16.9. The number of carbonyl (C=O) groups excluding carboxylic acids is 1. The van der Waals surface area contributed by atoms with Crippen LogP contribution in [0.4, 0.5) is 0 Å². The van der Waals surface area contributed by atoms with E-state index >= 15 is 0 Å². The number of rotatable bonds is 5. The number of nitrogens with zero attached hydrogens (tertiary/aromatic N) is 1. The Morgan fingerprint density at radius 3 is 2.45 bits per heavy atom. The summed E-state index contributed by atoms with van der Waals surface area (Å²) in [5.41, 5.74) is 0. The lowest BCUT2D eigenvalue weighted by molar-refractivity contribution is -0.136. The van der Waals surface area contributed by atoms with Gasteiger partial charge in [-0.25, -0.2) is 8.42 Å². The molecule has 1 aromatic rings. The smallest absolute Gasteiger partial charge is 0.331 e. The maximum Gasteiger partial charge on any atom is 0.331 e. The number of ether oxygens (including phenoxy) is 1. The molecule has 0 aromatic heterocycles. The van der Waals surface area contributed by atoms with Crippen molar-refractivity contribution < 1.29 is 17.9 Å². The average molecular weight is 388 g/mol. The minimum Gasteiger partial charge on any atom is -0.334 e. The Labute approximate surface area is 143 Å². The van der Waals surface area contributed by atoms with Crippen LogP contribution >= 0.6 is 35.2 Å². The van der Waals surface area contributed by atoms with E-state index in [1.54, 1.807) is 6.07 Å². The second-order valence-electron chi connectivity index (χ2n) is 4.62. The van der Waals surface area contributed by atoms with Gasteiger partial charge in [0.1, 0.15) is 0 Å². The number of benzene rings is 1. The molecule has 10 heteroatoms. The van der Waals surface area contributed by atoms with E-state index in [0.29, 0.717) is 19.5 Å². The molecule has 6 nitrogen and oxygen atoms in total. The van der Waals surface area contributed by atoms with E-state index in [1.807, 2.05) is 0 Å². The molecule has 1 fully saturated rings. The number of alkyl halides is 1. The van der Waals surface area contributed by atoms with E-state index in [0.717, 1.165) is 0 Å². The minimum absolute atomic E-state index is 0.0653. The average Bonchev–Trinajstić information content (AvgIpc) is 2.99. The second kappa shape index (κ2) is 6.90. The summed E-state index contributed by atoms with van der Waals surface area (Å²) in [6.07, 6.45) is -0.0374. The fraction of sp³-hybridized carbons (Fsp3) is 0.417. The Hall–Kier alpha value is -0.570. The minimum atomic E-state index is -4.38. The fourth-order valence-corrected chi connectivity index (χ4v) is 4.33. The van der Waals surface area contributed by atoms with Gasteiger partial charge in [0.25, 0.3) is 0 Å². The van der Waals surface area contributed by atoms with Gasteiger partial charge in [0.05, 0.1) is 11.0 Å². The molecule has 0 spiro atoms. The molecule has 1 amide bonds. The number of nitrogens with one attached hydrogen (secondary N) is 1. The lowest BCUT2D eigenvalue weighted by Crippen LogP contribution is -2.49. The van der Waals surface area contributed by atoms with Crippen LogP contribution in [0.25, 0.3) is 0 Å². The number of sulfone groups is 1. The number of amides is 1. The molecular formula is C12H13Cl3N2O4S. The standard InChI is InChI=1S/C12H13Cl3N2O4S/c13-12(11(18)17(14)15,21-9-6-7-16-8-9)22(19,20)10-4-2-1-3-5-10/h1-5,9,16H,6-8H2. The zero-order chi connectivity index (χ0) is 16.4. The molecule has 0 saturated carbocycles. The van der Waals surface area contributed by atoms with Crippen LogP contribution in [-0.4, -0.2) is 41.8 Å². The summed E-state index contributed by atoms with van der Waals surface area (Å²) in [7, 11) is -4.38. The highest BCUT2D eigenvalue weighted by molar-refractivity contribution is 7.94. The number of carbonyl (C=O) groups is 1. The Morgan fingerprint density at radius 1 is 1.32 bits per heavy atom. The van der Waals surface area contributed by atoms with Crippen molar-refractivity contribution in [1.82, 2.24) is 9.25 Å². The second-order valence-corrected chi connectivity index (χ2v) is 8.28. The van der Waals surface area contributed by atoms with Crippen molar-refractivity contribution in [3.8, 4) is 0 Å². The van der Waals surface area contributed by atoms with E-state index in [9.17, 15) is 13.2 Å². The zero-order valence-electron chi connectivity index (χ0n) is 11.2. The highest BCUT2D eigenvalue weighted by atomic mass is 35.5. The molecule has 0 aliphatic carbocycles. The third-order valence-corrected chi connectivity index (χ3v) is 6.16. The van der Waals surface area contributed by atoms with Gasteiger partial charge in [0.2, 0.25) is 9.84 Å². The maximum atomic E-state index is 12.7. The number of halogens is 3. The Bertz CT molecular complexity index is 635. The SMILES string of the molecule is O=C(N(Cl)Cl)C(Cl)(OC1CCNC1)S(=O)(=O)c1ccccc1. The molecule has 122 valence electrons. The molecule has 2 unspecified atom stereocenters. The molecule has 1 aromatic carbocycles. The Morgan fingerprint density at radius 2 is 1.95 bits per heavy atom. The summed E-state index contributed by atoms with van der Waals surface area (Å²) in [4.78, 5) is 12.0. The molecule has 1 aliphatic rings. The summed E-state index contributed by atoms with van der Waals surface area (Å²) < 4.78 is 28.2. The highest BCUT2D eigenvalue weighted by Gasteiger charge is 2.55. The normalized spacial score (nSPS) is 21.3. The van der Waals surface area contributed by atoms with E-state index in [1.165, 1.54) is 24.3 Å². The molecule has 2 rings (SSSR count). The molecule has 1 aliphatic heterocycles. The first-order chi connectivity index (χ1) is 10.3. The third kappa shape index (κ3) is 3.34. The predicted molar refractivity (Wildman–Crippen MR) is 83.1 cm³/mol. The van der Waals surface area contributed by atoms with Gasteiger partial charge >= 0.3 is 10.3 Å². The van der Waals surface area contributed by atoms with E-state index in [4.69, 9.17) is 39.9 Å². The Kier molecular flexibility index (Phi) is 5.58. The number of hydrogen-bond donors (Lipinski definition) is 1. The summed E-state index contributed by atoms with van der Waals surface area (Å²) in [5.74, 6) is -1.28. The van der Waals surface area contributed by atoms with Crippen LogP contribution in [0.15, 0.2) is 35.2 Å². The van der Waals surface area contributed by atoms with Crippen LogP contribution in [0.2, 0.25) is 0 Å². The van der Waals surface area contributed by atoms with Gasteiger partial charge in [0, 0.05) is 30.1 Å². The summed E-state index contributed by atoms with van der Waals surface area (Å²) in [6.45, 7) is 0.999. The monoisotopic (exact) mass is 386 g/mol. The molecule has 22 heavy (non-hydrogen) atoms. The van der Waals surface area contributed by atoms with Gasteiger partial charge in [0.15, 0.2) is 0 Å². The largest absolute Gasteiger partial charge is 0.334 e. The van der Waals surface area contributed by atoms with E-state index in [-0.39, 0.29) is 8.83 Å². The van der Waals surface area contributed by atoms with Crippen molar-refractivity contribution in [3.05, 3.63) is 30.3 Å². The lowest BCUT2D eigenvalue weighted by Gasteiger charge is -2.28. The maximum absolute atomic E-state index is 12.7. The van der Waals surface area contributed by atoms with Crippen LogP contribution < -0.4 is 5.32 Å². The first-order valence-corrected chi connectivity index (χ1v) is 8.86. The Balaban J connectivity index is 2.45. The van der Waals surface area contributed by atoms with Crippen LogP contribution in [0, 0.1) is 0 Å². The van der Waals surface area contributed by atoms with Crippen molar-refractivity contribution in [2.24, 2.45) is 0 Å². The summed E-state index contributed by atoms with van der Waals surface area (Å²) in [6, 6.07) is 7.26. The van der Waals surface area contributed by atoms with Crippen LogP contribution in [0.3, 0.4) is 0 Å². The first-order valence-electron chi connectivity index (χ1n) is 6.32. The molecule has 2 atom stereocenters. The molecule has 1 saturated heterocycles. The first kappa shape index (κ1) is 17.8. The quantitative estimate of drug-likeness (QED) is 0.616. The van der Waals surface area contributed by atoms with Gasteiger partial charge in [-0.15, -0.1) is 0 Å². The highest BCUT2D eigenvalue weighted by Crippen LogP contribution is 2.36. The lowest BCUT2D eigenvalue weighted by atomic mass is 10.3. The molecule has 1 N–H and O–H groups in total. The predicted octanol–water partition coefficient (Wildman–Crippen LogP) is 1.87.